The van der Waals surface area contributed by atoms with Crippen LogP contribution in [0.25, 0.3) is 0 Å². The van der Waals surface area contributed by atoms with Crippen LogP contribution < -0.4 is 5.32 Å². The second-order valence-corrected chi connectivity index (χ2v) is 4.25. The molecule has 20 heavy (non-hydrogen) atoms. The van der Waals surface area contributed by atoms with Gasteiger partial charge in [-0.3, -0.25) is 9.78 Å². The molecule has 8 nitrogen and oxygen atoms in total. The molecule has 0 aromatic carbocycles. The number of hydrogen-bond acceptors (Lipinski definition) is 5. The molecule has 1 unspecified atom stereocenters. The van der Waals surface area contributed by atoms with E-state index in [1.165, 1.54) is 10.7 Å². The molecule has 0 aliphatic carbocycles. The molecule has 104 valence electrons. The van der Waals surface area contributed by atoms with Gasteiger partial charge in [0.05, 0.1) is 16.9 Å². The van der Waals surface area contributed by atoms with Crippen LogP contribution in [0.4, 0.5) is 11.5 Å². The first-order valence-electron chi connectivity index (χ1n) is 5.90. The smallest absolute Gasteiger partial charge is 0.358 e. The number of anilines is 1. The van der Waals surface area contributed by atoms with Gasteiger partial charge in [-0.05, 0) is 30.9 Å². The van der Waals surface area contributed by atoms with Crippen molar-refractivity contribution < 1.29 is 9.72 Å². The Balaban J connectivity index is 2.16. The zero-order valence-electron chi connectivity index (χ0n) is 11.0. The van der Waals surface area contributed by atoms with Gasteiger partial charge in [0.15, 0.2) is 0 Å². The van der Waals surface area contributed by atoms with Crippen LogP contribution in [0, 0.1) is 17.0 Å². The van der Waals surface area contributed by atoms with Crippen LogP contribution in [0.2, 0.25) is 0 Å². The molecule has 8 heteroatoms. The van der Waals surface area contributed by atoms with Gasteiger partial charge in [0.2, 0.25) is 0 Å². The molecule has 0 spiro atoms. The van der Waals surface area contributed by atoms with E-state index in [4.69, 9.17) is 0 Å². The molecule has 2 aromatic heterocycles. The van der Waals surface area contributed by atoms with Crippen molar-refractivity contribution in [3.8, 4) is 0 Å². The molecule has 0 aliphatic rings. The molecule has 0 aliphatic heterocycles. The van der Waals surface area contributed by atoms with E-state index in [0.717, 1.165) is 0 Å². The predicted molar refractivity (Wildman–Crippen MR) is 71.2 cm³/mol. The molecule has 2 rings (SSSR count). The monoisotopic (exact) mass is 275 g/mol. The van der Waals surface area contributed by atoms with Crippen LogP contribution in [-0.2, 0) is 4.79 Å². The fourth-order valence-electron chi connectivity index (χ4n) is 1.75. The fourth-order valence-corrected chi connectivity index (χ4v) is 1.75. The first-order valence-corrected chi connectivity index (χ1v) is 5.90. The van der Waals surface area contributed by atoms with Gasteiger partial charge in [-0.15, -0.1) is 0 Å². The summed E-state index contributed by atoms with van der Waals surface area (Å²) in [4.78, 5) is 26.0. The van der Waals surface area contributed by atoms with Crippen LogP contribution in [0.3, 0.4) is 0 Å². The zero-order chi connectivity index (χ0) is 14.7. The normalized spacial score (nSPS) is 11.9. The maximum Gasteiger partial charge on any atom is 0.390 e. The second-order valence-electron chi connectivity index (χ2n) is 4.25. The number of nitrogens with zero attached hydrogens (tertiary/aromatic N) is 4. The van der Waals surface area contributed by atoms with E-state index in [1.807, 2.05) is 0 Å². The third-order valence-electron chi connectivity index (χ3n) is 2.79. The van der Waals surface area contributed by atoms with Crippen LogP contribution in [-0.4, -0.2) is 25.6 Å². The maximum absolute atomic E-state index is 12.1. The molecule has 2 heterocycles. The van der Waals surface area contributed by atoms with Gasteiger partial charge in [0.25, 0.3) is 5.91 Å². The Hall–Kier alpha value is -2.77. The number of rotatable bonds is 4. The van der Waals surface area contributed by atoms with E-state index in [9.17, 15) is 14.9 Å². The van der Waals surface area contributed by atoms with Crippen molar-refractivity contribution in [3.05, 3.63) is 46.4 Å². The van der Waals surface area contributed by atoms with Crippen molar-refractivity contribution in [2.24, 2.45) is 0 Å². The summed E-state index contributed by atoms with van der Waals surface area (Å²) in [5, 5.41) is 17.2. The Bertz CT molecular complexity index is 638. The Morgan fingerprint density at radius 1 is 1.45 bits per heavy atom. The summed E-state index contributed by atoms with van der Waals surface area (Å²) < 4.78 is 1.33. The number of nitro groups is 1. The van der Waals surface area contributed by atoms with Gasteiger partial charge >= 0.3 is 5.82 Å². The summed E-state index contributed by atoms with van der Waals surface area (Å²) in [5.74, 6) is -0.580. The Kier molecular flexibility index (Phi) is 3.74. The van der Waals surface area contributed by atoms with Gasteiger partial charge in [-0.25, -0.2) is 0 Å². The van der Waals surface area contributed by atoms with E-state index in [1.54, 1.807) is 38.4 Å². The molecule has 1 N–H and O–H groups in total. The minimum absolute atomic E-state index is 0.272. The van der Waals surface area contributed by atoms with E-state index in [2.05, 4.69) is 15.4 Å². The van der Waals surface area contributed by atoms with Crippen molar-refractivity contribution in [3.63, 3.8) is 0 Å². The van der Waals surface area contributed by atoms with Crippen LogP contribution in [0.5, 0.6) is 0 Å². The van der Waals surface area contributed by atoms with Gasteiger partial charge in [0, 0.05) is 18.1 Å². The minimum Gasteiger partial charge on any atom is -0.358 e. The molecule has 0 radical (unpaired) electrons. The average molecular weight is 275 g/mol. The summed E-state index contributed by atoms with van der Waals surface area (Å²) in [6.07, 6.45) is 3.12. The summed E-state index contributed by atoms with van der Waals surface area (Å²) in [7, 11) is 0. The number of hydrogen-bond donors (Lipinski definition) is 1. The van der Waals surface area contributed by atoms with Gasteiger partial charge < -0.3 is 15.4 Å². The first kappa shape index (κ1) is 13.7. The molecule has 0 saturated carbocycles. The van der Waals surface area contributed by atoms with E-state index in [-0.39, 0.29) is 11.7 Å². The van der Waals surface area contributed by atoms with Crippen molar-refractivity contribution >= 4 is 17.4 Å². The first-order chi connectivity index (χ1) is 9.49. The molecule has 0 bridgehead atoms. The third kappa shape index (κ3) is 2.79. The van der Waals surface area contributed by atoms with Gasteiger partial charge in [-0.1, -0.05) is 0 Å². The van der Waals surface area contributed by atoms with Crippen LogP contribution in [0.15, 0.2) is 30.6 Å². The van der Waals surface area contributed by atoms with E-state index in [0.29, 0.717) is 11.4 Å². The quantitative estimate of drug-likeness (QED) is 0.675. The largest absolute Gasteiger partial charge is 0.390 e. The lowest BCUT2D eigenvalue weighted by Crippen LogP contribution is -2.25. The zero-order valence-corrected chi connectivity index (χ0v) is 11.0. The number of aromatic nitrogens is 3. The van der Waals surface area contributed by atoms with Gasteiger partial charge in [0.1, 0.15) is 6.04 Å². The minimum atomic E-state index is -0.656. The highest BCUT2D eigenvalue weighted by atomic mass is 16.6. The van der Waals surface area contributed by atoms with Crippen LogP contribution in [0.1, 0.15) is 18.7 Å². The predicted octanol–water partition coefficient (Wildman–Crippen LogP) is 1.69. The Morgan fingerprint density at radius 2 is 2.10 bits per heavy atom. The summed E-state index contributed by atoms with van der Waals surface area (Å²) >= 11 is 0. The molecule has 0 fully saturated rings. The Labute approximate surface area is 114 Å². The lowest BCUT2D eigenvalue weighted by atomic mass is 10.3. The van der Waals surface area contributed by atoms with Crippen molar-refractivity contribution in [1.29, 1.82) is 0 Å². The number of amides is 1. The highest BCUT2D eigenvalue weighted by Gasteiger charge is 2.24. The fraction of sp³-hybridized carbons (Fsp3) is 0.250. The van der Waals surface area contributed by atoms with Crippen molar-refractivity contribution in [1.82, 2.24) is 14.8 Å². The average Bonchev–Trinajstić information content (AvgIpc) is 2.81. The SMILES string of the molecule is Cc1cc([N+](=O)[O-])nn1C(C)C(=O)Nc1ccncc1. The van der Waals surface area contributed by atoms with Gasteiger partial charge in [-0.2, -0.15) is 4.68 Å². The molecular weight excluding hydrogens is 262 g/mol. The molecule has 0 saturated heterocycles. The molecule has 1 atom stereocenters. The highest BCUT2D eigenvalue weighted by Crippen LogP contribution is 2.17. The lowest BCUT2D eigenvalue weighted by Gasteiger charge is -2.11. The number of nitrogens with one attached hydrogen (secondary N) is 1. The number of carbonyl (C=O) groups excluding carboxylic acids is 1. The maximum atomic E-state index is 12.1. The number of aryl methyl sites for hydroxylation is 1. The summed E-state index contributed by atoms with van der Waals surface area (Å²) in [6, 6.07) is 3.99. The summed E-state index contributed by atoms with van der Waals surface area (Å²) in [6.45, 7) is 3.29. The molecule has 1 amide bonds. The van der Waals surface area contributed by atoms with Crippen molar-refractivity contribution in [2.45, 2.75) is 19.9 Å². The lowest BCUT2D eigenvalue weighted by molar-refractivity contribution is -0.389. The Morgan fingerprint density at radius 3 is 2.65 bits per heavy atom. The third-order valence-corrected chi connectivity index (χ3v) is 2.79. The van der Waals surface area contributed by atoms with Crippen molar-refractivity contribution in [2.75, 3.05) is 5.32 Å². The van der Waals surface area contributed by atoms with Crippen LogP contribution >= 0.6 is 0 Å². The second kappa shape index (κ2) is 5.47. The molecule has 2 aromatic rings. The number of carbonyl (C=O) groups is 1. The number of pyridine rings is 1. The molecular formula is C12H13N5O3. The standard InChI is InChI=1S/C12H13N5O3/c1-8-7-11(17(19)20)15-16(8)9(2)12(18)14-10-3-5-13-6-4-10/h3-7,9H,1-2H3,(H,13,14,18). The highest BCUT2D eigenvalue weighted by molar-refractivity contribution is 5.93. The topological polar surface area (TPSA) is 103 Å². The van der Waals surface area contributed by atoms with E-state index < -0.39 is 11.0 Å². The van der Waals surface area contributed by atoms with E-state index >= 15 is 0 Å². The summed E-state index contributed by atoms with van der Waals surface area (Å²) in [5.41, 5.74) is 1.16.